The van der Waals surface area contributed by atoms with Crippen LogP contribution in [0.2, 0.25) is 5.02 Å². The summed E-state index contributed by atoms with van der Waals surface area (Å²) in [6.07, 6.45) is 4.21. The quantitative estimate of drug-likeness (QED) is 0.530. The maximum Gasteiger partial charge on any atom is 0.235 e. The summed E-state index contributed by atoms with van der Waals surface area (Å²) >= 11 is 6.37. The highest BCUT2D eigenvalue weighted by Crippen LogP contribution is 2.44. The number of ether oxygens (including phenoxy) is 1. The Morgan fingerprint density at radius 3 is 2.76 bits per heavy atom. The average molecular weight is 518 g/mol. The largest absolute Gasteiger partial charge is 0.493 e. The van der Waals surface area contributed by atoms with Gasteiger partial charge in [0.1, 0.15) is 5.75 Å². The van der Waals surface area contributed by atoms with Crippen LogP contribution in [0.5, 0.6) is 5.75 Å². The third kappa shape index (κ3) is 5.10. The lowest BCUT2D eigenvalue weighted by Crippen LogP contribution is -2.52. The zero-order chi connectivity index (χ0) is 25.8. The Morgan fingerprint density at radius 2 is 1.95 bits per heavy atom. The molecule has 2 aromatic carbocycles. The maximum atomic E-state index is 14.1. The van der Waals surface area contributed by atoms with E-state index in [1.165, 1.54) is 0 Å². The molecular weight excluding hydrogens is 490 g/mol. The number of aromatic nitrogens is 1. The zero-order valence-electron chi connectivity index (χ0n) is 20.5. The number of halogens is 1. The van der Waals surface area contributed by atoms with Crippen LogP contribution in [0.1, 0.15) is 24.8 Å². The highest BCUT2D eigenvalue weighted by Gasteiger charge is 2.47. The third-order valence-corrected chi connectivity index (χ3v) is 7.55. The molecule has 1 unspecified atom stereocenters. The van der Waals surface area contributed by atoms with Gasteiger partial charge < -0.3 is 15.0 Å². The van der Waals surface area contributed by atoms with Crippen LogP contribution >= 0.6 is 11.6 Å². The van der Waals surface area contributed by atoms with Crippen LogP contribution in [0.3, 0.4) is 0 Å². The number of rotatable bonds is 6. The number of piperazine rings is 1. The first-order valence-corrected chi connectivity index (χ1v) is 12.8. The maximum absolute atomic E-state index is 14.1. The average Bonchev–Trinajstić information content (AvgIpc) is 2.92. The molecule has 1 atom stereocenters. The lowest BCUT2D eigenvalue weighted by Gasteiger charge is -2.40. The molecule has 2 aliphatic heterocycles. The van der Waals surface area contributed by atoms with Crippen LogP contribution in [0.25, 0.3) is 10.8 Å². The van der Waals surface area contributed by atoms with Crippen LogP contribution < -0.4 is 10.1 Å². The molecule has 3 aromatic rings. The van der Waals surface area contributed by atoms with E-state index in [1.54, 1.807) is 30.6 Å². The van der Waals surface area contributed by atoms with Crippen molar-refractivity contribution in [1.29, 1.82) is 5.26 Å². The second kappa shape index (κ2) is 10.8. The number of nitrogens with zero attached hydrogens (tertiary/aromatic N) is 4. The molecule has 8 nitrogen and oxygen atoms in total. The summed E-state index contributed by atoms with van der Waals surface area (Å²) in [5.74, 6) is 0.202. The van der Waals surface area contributed by atoms with Crippen molar-refractivity contribution in [1.82, 2.24) is 14.8 Å². The van der Waals surface area contributed by atoms with Gasteiger partial charge in [0, 0.05) is 79.5 Å². The van der Waals surface area contributed by atoms with Crippen molar-refractivity contribution in [3.8, 4) is 11.8 Å². The monoisotopic (exact) mass is 517 g/mol. The van der Waals surface area contributed by atoms with Gasteiger partial charge in [0.15, 0.2) is 0 Å². The van der Waals surface area contributed by atoms with Gasteiger partial charge in [0.25, 0.3) is 0 Å². The van der Waals surface area contributed by atoms with Crippen molar-refractivity contribution in [2.45, 2.75) is 24.7 Å². The van der Waals surface area contributed by atoms with Crippen LogP contribution in [-0.2, 0) is 15.0 Å². The number of carbonyl (C=O) groups excluding carboxylic acids is 2. The van der Waals surface area contributed by atoms with E-state index in [0.29, 0.717) is 74.2 Å². The van der Waals surface area contributed by atoms with Crippen LogP contribution in [0.15, 0.2) is 54.9 Å². The number of amides is 2. The Morgan fingerprint density at radius 1 is 1.14 bits per heavy atom. The van der Waals surface area contributed by atoms with E-state index >= 15 is 0 Å². The molecule has 2 amide bonds. The highest BCUT2D eigenvalue weighted by molar-refractivity contribution is 6.30. The molecule has 5 rings (SSSR count). The molecule has 3 heterocycles. The normalized spacial score (nSPS) is 19.5. The number of anilines is 1. The minimum atomic E-state index is -1.15. The standard InChI is InChI=1S/C28H28ClN5O3/c29-21-6-7-25-23(16-21)28(8-15-37-25,17-26(35)34-13-11-33(12-14-34)10-3-9-30)27(36)32-24-19-31-18-20-4-1-2-5-22(20)24/h1-2,4-7,16,18-19H,3,8,10-15,17H2,(H,32,36). The lowest BCUT2D eigenvalue weighted by atomic mass is 9.72. The predicted molar refractivity (Wildman–Crippen MR) is 141 cm³/mol. The second-order valence-corrected chi connectivity index (χ2v) is 9.93. The topological polar surface area (TPSA) is 98.6 Å². The van der Waals surface area contributed by atoms with Gasteiger partial charge in [-0.2, -0.15) is 5.26 Å². The van der Waals surface area contributed by atoms with Crippen molar-refractivity contribution in [2.24, 2.45) is 0 Å². The minimum absolute atomic E-state index is 0.00588. The summed E-state index contributed by atoms with van der Waals surface area (Å²) in [4.78, 5) is 36.1. The second-order valence-electron chi connectivity index (χ2n) is 9.49. The van der Waals surface area contributed by atoms with Gasteiger partial charge in [-0.15, -0.1) is 0 Å². The minimum Gasteiger partial charge on any atom is -0.493 e. The molecule has 190 valence electrons. The number of benzene rings is 2. The van der Waals surface area contributed by atoms with E-state index in [9.17, 15) is 9.59 Å². The molecule has 0 spiro atoms. The molecule has 1 N–H and O–H groups in total. The Balaban J connectivity index is 1.45. The van der Waals surface area contributed by atoms with E-state index in [0.717, 1.165) is 10.8 Å². The third-order valence-electron chi connectivity index (χ3n) is 7.31. The molecule has 1 aromatic heterocycles. The van der Waals surface area contributed by atoms with Crippen molar-refractivity contribution in [3.63, 3.8) is 0 Å². The van der Waals surface area contributed by atoms with Crippen molar-refractivity contribution in [3.05, 3.63) is 65.4 Å². The molecule has 37 heavy (non-hydrogen) atoms. The summed E-state index contributed by atoms with van der Waals surface area (Å²) < 4.78 is 5.87. The lowest BCUT2D eigenvalue weighted by molar-refractivity contribution is -0.138. The number of nitriles is 1. The van der Waals surface area contributed by atoms with E-state index in [2.05, 4.69) is 21.3 Å². The van der Waals surface area contributed by atoms with Crippen molar-refractivity contribution in [2.75, 3.05) is 44.6 Å². The Bertz CT molecular complexity index is 1360. The molecule has 0 aliphatic carbocycles. The fraction of sp³-hybridized carbons (Fsp3) is 0.357. The van der Waals surface area contributed by atoms with Gasteiger partial charge in [-0.05, 0) is 18.2 Å². The molecule has 9 heteroatoms. The number of pyridine rings is 1. The predicted octanol–water partition coefficient (Wildman–Crippen LogP) is 4.00. The van der Waals surface area contributed by atoms with E-state index < -0.39 is 5.41 Å². The molecule has 2 aliphatic rings. The number of carbonyl (C=O) groups is 2. The SMILES string of the molecule is N#CCCN1CCN(C(=O)CC2(C(=O)Nc3cncc4ccccc34)CCOc3ccc(Cl)cc32)CC1. The van der Waals surface area contributed by atoms with E-state index in [1.807, 2.05) is 29.2 Å². The molecule has 1 saturated heterocycles. The van der Waals surface area contributed by atoms with Gasteiger partial charge in [-0.1, -0.05) is 35.9 Å². The van der Waals surface area contributed by atoms with Crippen molar-refractivity contribution < 1.29 is 14.3 Å². The van der Waals surface area contributed by atoms with E-state index in [-0.39, 0.29) is 18.2 Å². The molecule has 0 radical (unpaired) electrons. The van der Waals surface area contributed by atoms with Crippen LogP contribution in [0, 0.1) is 11.3 Å². The molecule has 0 bridgehead atoms. The summed E-state index contributed by atoms with van der Waals surface area (Å²) in [6, 6.07) is 15.1. The summed E-state index contributed by atoms with van der Waals surface area (Å²) in [7, 11) is 0. The Labute approximate surface area is 220 Å². The summed E-state index contributed by atoms with van der Waals surface area (Å²) in [6.45, 7) is 3.56. The number of nitrogens with one attached hydrogen (secondary N) is 1. The molecule has 0 saturated carbocycles. The van der Waals surface area contributed by atoms with Gasteiger partial charge in [0.05, 0.1) is 30.0 Å². The Hall–Kier alpha value is -3.67. The summed E-state index contributed by atoms with van der Waals surface area (Å²) in [5.41, 5.74) is 0.0684. The highest BCUT2D eigenvalue weighted by atomic mass is 35.5. The number of fused-ring (bicyclic) bond motifs is 2. The van der Waals surface area contributed by atoms with Crippen molar-refractivity contribution >= 4 is 39.9 Å². The Kier molecular flexibility index (Phi) is 7.26. The van der Waals surface area contributed by atoms with E-state index in [4.69, 9.17) is 21.6 Å². The van der Waals surface area contributed by atoms with Crippen LogP contribution in [-0.4, -0.2) is 65.9 Å². The fourth-order valence-corrected chi connectivity index (χ4v) is 5.40. The van der Waals surface area contributed by atoms with Crippen LogP contribution in [0.4, 0.5) is 5.69 Å². The smallest absolute Gasteiger partial charge is 0.235 e. The molecule has 1 fully saturated rings. The number of hydrogen-bond acceptors (Lipinski definition) is 6. The van der Waals surface area contributed by atoms with Gasteiger partial charge >= 0.3 is 0 Å². The molecular formula is C28H28ClN5O3. The first kappa shape index (κ1) is 25.0. The summed E-state index contributed by atoms with van der Waals surface area (Å²) in [5, 5.41) is 14.2. The van der Waals surface area contributed by atoms with Gasteiger partial charge in [-0.3, -0.25) is 19.5 Å². The van der Waals surface area contributed by atoms with Gasteiger partial charge in [-0.25, -0.2) is 0 Å². The number of hydrogen-bond donors (Lipinski definition) is 1. The fourth-order valence-electron chi connectivity index (χ4n) is 5.23. The first-order valence-electron chi connectivity index (χ1n) is 12.4. The first-order chi connectivity index (χ1) is 18.0. The zero-order valence-corrected chi connectivity index (χ0v) is 21.2. The van der Waals surface area contributed by atoms with Gasteiger partial charge in [0.2, 0.25) is 11.8 Å².